The molecule has 0 saturated carbocycles. The zero-order valence-corrected chi connectivity index (χ0v) is 14.8. The Balaban J connectivity index is 1.94. The van der Waals surface area contributed by atoms with E-state index in [-0.39, 0.29) is 23.3 Å². The van der Waals surface area contributed by atoms with Gasteiger partial charge < -0.3 is 20.7 Å². The predicted molar refractivity (Wildman–Crippen MR) is 100.0 cm³/mol. The lowest BCUT2D eigenvalue weighted by atomic mass is 10.0. The molecule has 1 aliphatic rings. The molecule has 0 unspecified atom stereocenters. The van der Waals surface area contributed by atoms with Crippen LogP contribution in [0, 0.1) is 16.0 Å². The minimum absolute atomic E-state index is 0.144. The van der Waals surface area contributed by atoms with Crippen LogP contribution in [0.1, 0.15) is 19.8 Å². The summed E-state index contributed by atoms with van der Waals surface area (Å²) in [7, 11) is 1.59. The molecule has 3 N–H and O–H groups in total. The smallest absolute Gasteiger partial charge is 0.353 e. The van der Waals surface area contributed by atoms with Crippen molar-refractivity contribution >= 4 is 29.0 Å². The van der Waals surface area contributed by atoms with E-state index in [0.717, 1.165) is 24.3 Å². The number of hydrogen-bond acceptors (Lipinski definition) is 8. The summed E-state index contributed by atoms with van der Waals surface area (Å²) in [6, 6.07) is 7.21. The normalized spacial score (nSPS) is 17.0. The fourth-order valence-corrected chi connectivity index (χ4v) is 3.10. The van der Waals surface area contributed by atoms with Crippen molar-refractivity contribution in [1.82, 2.24) is 9.97 Å². The van der Waals surface area contributed by atoms with Crippen molar-refractivity contribution < 1.29 is 9.66 Å². The second-order valence-corrected chi connectivity index (χ2v) is 6.41. The number of nitrogens with one attached hydrogen (secondary N) is 1. The lowest BCUT2D eigenvalue weighted by Crippen LogP contribution is -2.35. The summed E-state index contributed by atoms with van der Waals surface area (Å²) in [6.45, 7) is 3.54. The first-order valence-electron chi connectivity index (χ1n) is 8.46. The molecule has 1 aromatic heterocycles. The van der Waals surface area contributed by atoms with Gasteiger partial charge in [0.05, 0.1) is 12.0 Å². The molecule has 0 bridgehead atoms. The number of nitrogens with zero attached hydrogens (tertiary/aromatic N) is 4. The number of rotatable bonds is 5. The van der Waals surface area contributed by atoms with Gasteiger partial charge in [-0.05, 0) is 43.0 Å². The van der Waals surface area contributed by atoms with Crippen molar-refractivity contribution in [2.75, 3.05) is 36.1 Å². The van der Waals surface area contributed by atoms with Crippen molar-refractivity contribution in [3.63, 3.8) is 0 Å². The number of nitrogens with two attached hydrogens (primary N) is 1. The van der Waals surface area contributed by atoms with Crippen LogP contribution in [0.15, 0.2) is 24.3 Å². The van der Waals surface area contributed by atoms with Gasteiger partial charge in [-0.1, -0.05) is 6.92 Å². The highest BCUT2D eigenvalue weighted by Gasteiger charge is 2.29. The molecule has 1 fully saturated rings. The summed E-state index contributed by atoms with van der Waals surface area (Å²) >= 11 is 0. The first kappa shape index (κ1) is 17.7. The summed E-state index contributed by atoms with van der Waals surface area (Å²) in [5.74, 6) is 1.52. The van der Waals surface area contributed by atoms with Gasteiger partial charge in [-0.15, -0.1) is 0 Å². The second kappa shape index (κ2) is 7.42. The maximum atomic E-state index is 11.5. The molecule has 138 valence electrons. The molecule has 2 heterocycles. The Hall–Kier alpha value is -3.10. The van der Waals surface area contributed by atoms with Gasteiger partial charge in [0.1, 0.15) is 5.75 Å². The molecule has 0 spiro atoms. The number of benzene rings is 1. The molecule has 2 aromatic rings. The topological polar surface area (TPSA) is 119 Å². The standard InChI is InChI=1S/C17H22N6O3/c1-11-4-3-9-22(10-11)16-14(23(24)25)15(18)20-17(21-16)19-12-5-7-13(26-2)8-6-12/h5-8,11H,3-4,9-10H2,1-2H3,(H3,18,19,20,21)/t11-/m0/s1. The number of anilines is 4. The molecule has 0 radical (unpaired) electrons. The van der Waals surface area contributed by atoms with Gasteiger partial charge in [0.25, 0.3) is 0 Å². The summed E-state index contributed by atoms with van der Waals surface area (Å²) in [6.07, 6.45) is 2.06. The summed E-state index contributed by atoms with van der Waals surface area (Å²) in [5, 5.41) is 14.5. The monoisotopic (exact) mass is 358 g/mol. The molecular weight excluding hydrogens is 336 g/mol. The van der Waals surface area contributed by atoms with Gasteiger partial charge in [-0.3, -0.25) is 10.1 Å². The number of nitrogen functional groups attached to an aromatic ring is 1. The molecule has 26 heavy (non-hydrogen) atoms. The zero-order chi connectivity index (χ0) is 18.7. The molecule has 1 aliphatic heterocycles. The number of piperidine rings is 1. The third kappa shape index (κ3) is 3.76. The van der Waals surface area contributed by atoms with E-state index in [1.54, 1.807) is 19.2 Å². The SMILES string of the molecule is COc1ccc(Nc2nc(N)c([N+](=O)[O-])c(N3CCC[C@H](C)C3)n2)cc1. The van der Waals surface area contributed by atoms with Crippen LogP contribution in [-0.4, -0.2) is 35.1 Å². The molecule has 1 saturated heterocycles. The molecule has 1 aromatic carbocycles. The minimum atomic E-state index is -0.513. The number of nitro groups is 1. The van der Waals surface area contributed by atoms with Gasteiger partial charge >= 0.3 is 5.69 Å². The Morgan fingerprint density at radius 3 is 2.69 bits per heavy atom. The van der Waals surface area contributed by atoms with Crippen molar-refractivity contribution in [2.24, 2.45) is 5.92 Å². The van der Waals surface area contributed by atoms with Gasteiger partial charge in [0.15, 0.2) is 0 Å². The lowest BCUT2D eigenvalue weighted by molar-refractivity contribution is -0.383. The summed E-state index contributed by atoms with van der Waals surface area (Å²) < 4.78 is 5.13. The number of aromatic nitrogens is 2. The van der Waals surface area contributed by atoms with E-state index in [9.17, 15) is 10.1 Å². The molecule has 3 rings (SSSR count). The largest absolute Gasteiger partial charge is 0.497 e. The van der Waals surface area contributed by atoms with E-state index in [0.29, 0.717) is 19.0 Å². The second-order valence-electron chi connectivity index (χ2n) is 6.41. The quantitative estimate of drug-likeness (QED) is 0.618. The molecule has 9 nitrogen and oxygen atoms in total. The maximum absolute atomic E-state index is 11.5. The highest BCUT2D eigenvalue weighted by molar-refractivity contribution is 5.72. The first-order valence-corrected chi connectivity index (χ1v) is 8.46. The molecule has 0 amide bonds. The van der Waals surface area contributed by atoms with Gasteiger partial charge in [-0.2, -0.15) is 9.97 Å². The summed E-state index contributed by atoms with van der Waals surface area (Å²) in [4.78, 5) is 21.4. The van der Waals surface area contributed by atoms with E-state index in [4.69, 9.17) is 10.5 Å². The highest BCUT2D eigenvalue weighted by Crippen LogP contribution is 2.35. The van der Waals surface area contributed by atoms with Crippen LogP contribution < -0.4 is 20.7 Å². The van der Waals surface area contributed by atoms with E-state index >= 15 is 0 Å². The van der Waals surface area contributed by atoms with Crippen LogP contribution in [0.25, 0.3) is 0 Å². The Kier molecular flexibility index (Phi) is 5.06. The summed E-state index contributed by atoms with van der Waals surface area (Å²) in [5.41, 5.74) is 6.38. The highest BCUT2D eigenvalue weighted by atomic mass is 16.6. The average molecular weight is 358 g/mol. The number of hydrogen-bond donors (Lipinski definition) is 2. The minimum Gasteiger partial charge on any atom is -0.497 e. The van der Waals surface area contributed by atoms with Crippen molar-refractivity contribution in [3.8, 4) is 5.75 Å². The Morgan fingerprint density at radius 2 is 2.08 bits per heavy atom. The van der Waals surface area contributed by atoms with Gasteiger partial charge in [-0.25, -0.2) is 0 Å². The average Bonchev–Trinajstić information content (AvgIpc) is 2.61. The van der Waals surface area contributed by atoms with Crippen LogP contribution in [0.4, 0.5) is 29.0 Å². The van der Waals surface area contributed by atoms with Crippen LogP contribution in [-0.2, 0) is 0 Å². The third-order valence-electron chi connectivity index (χ3n) is 4.38. The fraction of sp³-hybridized carbons (Fsp3) is 0.412. The number of ether oxygens (including phenoxy) is 1. The van der Waals surface area contributed by atoms with Crippen LogP contribution in [0.3, 0.4) is 0 Å². The lowest BCUT2D eigenvalue weighted by Gasteiger charge is -2.31. The van der Waals surface area contributed by atoms with Gasteiger partial charge in [0, 0.05) is 18.8 Å². The molecule has 0 aliphatic carbocycles. The Morgan fingerprint density at radius 1 is 1.35 bits per heavy atom. The molecular formula is C17H22N6O3. The Bertz CT molecular complexity index is 796. The van der Waals surface area contributed by atoms with E-state index in [2.05, 4.69) is 22.2 Å². The van der Waals surface area contributed by atoms with Gasteiger partial charge in [0.2, 0.25) is 17.6 Å². The fourth-order valence-electron chi connectivity index (χ4n) is 3.10. The van der Waals surface area contributed by atoms with Crippen molar-refractivity contribution in [2.45, 2.75) is 19.8 Å². The van der Waals surface area contributed by atoms with E-state index < -0.39 is 4.92 Å². The third-order valence-corrected chi connectivity index (χ3v) is 4.38. The van der Waals surface area contributed by atoms with Crippen molar-refractivity contribution in [1.29, 1.82) is 0 Å². The van der Waals surface area contributed by atoms with Crippen LogP contribution in [0.5, 0.6) is 5.75 Å². The number of methoxy groups -OCH3 is 1. The van der Waals surface area contributed by atoms with E-state index in [1.807, 2.05) is 17.0 Å². The molecule has 1 atom stereocenters. The molecule has 9 heteroatoms. The van der Waals surface area contributed by atoms with Crippen LogP contribution >= 0.6 is 0 Å². The maximum Gasteiger partial charge on any atom is 0.353 e. The van der Waals surface area contributed by atoms with Crippen LogP contribution in [0.2, 0.25) is 0 Å². The predicted octanol–water partition coefficient (Wildman–Crippen LogP) is 2.96. The first-order chi connectivity index (χ1) is 12.5. The zero-order valence-electron chi connectivity index (χ0n) is 14.8. The van der Waals surface area contributed by atoms with Crippen molar-refractivity contribution in [3.05, 3.63) is 34.4 Å². The van der Waals surface area contributed by atoms with E-state index in [1.165, 1.54) is 0 Å². The Labute approximate surface area is 151 Å².